The van der Waals surface area contributed by atoms with E-state index in [4.69, 9.17) is 10.5 Å². The number of rotatable bonds is 5. The number of nitrogens with two attached hydrogens (primary N) is 1. The Hall–Kier alpha value is -1.95. The number of aromatic amines is 1. The zero-order valence-corrected chi connectivity index (χ0v) is 11.4. The van der Waals surface area contributed by atoms with Gasteiger partial charge >= 0.3 is 0 Å². The molecule has 0 fully saturated rings. The van der Waals surface area contributed by atoms with Crippen molar-refractivity contribution in [3.63, 3.8) is 0 Å². The summed E-state index contributed by atoms with van der Waals surface area (Å²) in [4.78, 5) is 18.1. The fourth-order valence-corrected chi connectivity index (χ4v) is 2.22. The van der Waals surface area contributed by atoms with E-state index in [1.165, 1.54) is 17.8 Å². The zero-order chi connectivity index (χ0) is 13.7. The summed E-state index contributed by atoms with van der Waals surface area (Å²) in [5, 5.41) is 0.617. The van der Waals surface area contributed by atoms with Crippen LogP contribution in [0.25, 0.3) is 0 Å². The summed E-state index contributed by atoms with van der Waals surface area (Å²) < 4.78 is 5.55. The summed E-state index contributed by atoms with van der Waals surface area (Å²) in [6, 6.07) is 8.71. The Morgan fingerprint density at radius 2 is 2.11 bits per heavy atom. The number of hydrogen-bond acceptors (Lipinski definition) is 5. The van der Waals surface area contributed by atoms with Crippen molar-refractivity contribution in [3.8, 4) is 5.75 Å². The van der Waals surface area contributed by atoms with Crippen LogP contribution in [0, 0.1) is 6.92 Å². The molecule has 6 heteroatoms. The average molecular weight is 277 g/mol. The molecular formula is C13H15N3O2S. The van der Waals surface area contributed by atoms with E-state index in [2.05, 4.69) is 9.97 Å². The quantitative estimate of drug-likeness (QED) is 0.377. The number of H-pyrrole nitrogens is 1. The normalized spacial score (nSPS) is 10.4. The second-order valence-corrected chi connectivity index (χ2v) is 5.04. The second-order valence-electron chi connectivity index (χ2n) is 3.96. The van der Waals surface area contributed by atoms with E-state index in [-0.39, 0.29) is 5.56 Å². The van der Waals surface area contributed by atoms with Gasteiger partial charge in [0.05, 0.1) is 6.61 Å². The van der Waals surface area contributed by atoms with Crippen LogP contribution in [-0.4, -0.2) is 22.3 Å². The predicted octanol–water partition coefficient (Wildman–Crippen LogP) is 1.83. The second kappa shape index (κ2) is 6.29. The van der Waals surface area contributed by atoms with E-state index < -0.39 is 0 Å². The highest BCUT2D eigenvalue weighted by Gasteiger charge is 2.00. The molecule has 5 nitrogen and oxygen atoms in total. The van der Waals surface area contributed by atoms with Crippen molar-refractivity contribution in [1.29, 1.82) is 0 Å². The van der Waals surface area contributed by atoms with Gasteiger partial charge in [-0.3, -0.25) is 4.79 Å². The van der Waals surface area contributed by atoms with Gasteiger partial charge in [0.15, 0.2) is 5.16 Å². The van der Waals surface area contributed by atoms with Gasteiger partial charge in [0.2, 0.25) is 0 Å². The summed E-state index contributed by atoms with van der Waals surface area (Å²) in [6.45, 7) is 2.33. The third-order valence-corrected chi connectivity index (χ3v) is 3.16. The third-order valence-electron chi connectivity index (χ3n) is 2.32. The van der Waals surface area contributed by atoms with E-state index in [0.29, 0.717) is 28.9 Å². The molecule has 0 radical (unpaired) electrons. The number of benzene rings is 1. The molecule has 0 aliphatic carbocycles. The number of ether oxygens (including phenoxy) is 1. The monoisotopic (exact) mass is 277 g/mol. The first-order valence-corrected chi connectivity index (χ1v) is 6.81. The number of aromatic nitrogens is 2. The molecule has 1 heterocycles. The number of hydrogen-bond donors (Lipinski definition) is 2. The smallest absolute Gasteiger partial charge is 0.251 e. The highest BCUT2D eigenvalue weighted by Crippen LogP contribution is 2.15. The molecule has 100 valence electrons. The van der Waals surface area contributed by atoms with Crippen molar-refractivity contribution in [1.82, 2.24) is 9.97 Å². The van der Waals surface area contributed by atoms with E-state index in [0.717, 1.165) is 5.75 Å². The summed E-state index contributed by atoms with van der Waals surface area (Å²) in [5.74, 6) is 1.48. The van der Waals surface area contributed by atoms with Crippen molar-refractivity contribution >= 4 is 17.4 Å². The molecule has 0 aliphatic heterocycles. The maximum Gasteiger partial charge on any atom is 0.251 e. The Labute approximate surface area is 115 Å². The molecule has 0 unspecified atom stereocenters. The number of aryl methyl sites for hydroxylation is 1. The van der Waals surface area contributed by atoms with Gasteiger partial charge in [0, 0.05) is 23.2 Å². The molecule has 0 aliphatic rings. The minimum atomic E-state index is -0.130. The molecule has 19 heavy (non-hydrogen) atoms. The summed E-state index contributed by atoms with van der Waals surface area (Å²) >= 11 is 1.45. The molecule has 2 rings (SSSR count). The molecule has 0 atom stereocenters. The number of nitrogen functional groups attached to an aromatic ring is 1. The van der Waals surface area contributed by atoms with Crippen molar-refractivity contribution in [2.24, 2.45) is 0 Å². The Morgan fingerprint density at radius 3 is 2.79 bits per heavy atom. The predicted molar refractivity (Wildman–Crippen MR) is 76.7 cm³/mol. The van der Waals surface area contributed by atoms with Crippen LogP contribution in [0.4, 0.5) is 5.69 Å². The standard InChI is InChI=1S/C13H15N3O2S/c1-9-8-12(17)16-13(15-9)19-7-6-18-11-4-2-10(14)3-5-11/h2-5,8H,6-7,14H2,1H3,(H,15,16,17). The molecule has 2 aromatic rings. The van der Waals surface area contributed by atoms with Gasteiger partial charge in [-0.25, -0.2) is 4.98 Å². The topological polar surface area (TPSA) is 81.0 Å². The van der Waals surface area contributed by atoms with Crippen LogP contribution in [0.15, 0.2) is 40.3 Å². The Kier molecular flexibility index (Phi) is 4.46. The van der Waals surface area contributed by atoms with Crippen LogP contribution >= 0.6 is 11.8 Å². The summed E-state index contributed by atoms with van der Waals surface area (Å²) in [7, 11) is 0. The van der Waals surface area contributed by atoms with Gasteiger partial charge < -0.3 is 15.5 Å². The van der Waals surface area contributed by atoms with Gasteiger partial charge in [-0.15, -0.1) is 0 Å². The molecular weight excluding hydrogens is 262 g/mol. The van der Waals surface area contributed by atoms with Crippen LogP contribution in [0.2, 0.25) is 0 Å². The molecule has 0 saturated heterocycles. The van der Waals surface area contributed by atoms with Crippen LogP contribution in [0.5, 0.6) is 5.75 Å². The lowest BCUT2D eigenvalue weighted by Crippen LogP contribution is -2.09. The first-order chi connectivity index (χ1) is 9.13. The lowest BCUT2D eigenvalue weighted by atomic mass is 10.3. The SMILES string of the molecule is Cc1cc(=O)[nH]c(SCCOc2ccc(N)cc2)n1. The van der Waals surface area contributed by atoms with Gasteiger partial charge in [-0.05, 0) is 31.2 Å². The van der Waals surface area contributed by atoms with Gasteiger partial charge in [0.1, 0.15) is 5.75 Å². The highest BCUT2D eigenvalue weighted by molar-refractivity contribution is 7.99. The van der Waals surface area contributed by atoms with Crippen LogP contribution < -0.4 is 16.0 Å². The van der Waals surface area contributed by atoms with Gasteiger partial charge in [-0.2, -0.15) is 0 Å². The van der Waals surface area contributed by atoms with E-state index in [1.807, 2.05) is 12.1 Å². The van der Waals surface area contributed by atoms with E-state index in [1.54, 1.807) is 19.1 Å². The molecule has 1 aromatic heterocycles. The summed E-state index contributed by atoms with van der Waals surface area (Å²) in [5.41, 5.74) is 6.88. The van der Waals surface area contributed by atoms with Crippen LogP contribution in [0.1, 0.15) is 5.69 Å². The fraction of sp³-hybridized carbons (Fsp3) is 0.231. The fourth-order valence-electron chi connectivity index (χ4n) is 1.48. The number of nitrogens with one attached hydrogen (secondary N) is 1. The minimum absolute atomic E-state index is 0.130. The van der Waals surface area contributed by atoms with Crippen LogP contribution in [0.3, 0.4) is 0 Å². The first kappa shape index (κ1) is 13.5. The molecule has 0 saturated carbocycles. The minimum Gasteiger partial charge on any atom is -0.493 e. The maximum absolute atomic E-state index is 11.2. The molecule has 1 aromatic carbocycles. The first-order valence-electron chi connectivity index (χ1n) is 5.82. The van der Waals surface area contributed by atoms with Crippen molar-refractivity contribution in [3.05, 3.63) is 46.4 Å². The summed E-state index contributed by atoms with van der Waals surface area (Å²) in [6.07, 6.45) is 0. The third kappa shape index (κ3) is 4.33. The van der Waals surface area contributed by atoms with Crippen molar-refractivity contribution in [2.75, 3.05) is 18.1 Å². The number of thioether (sulfide) groups is 1. The van der Waals surface area contributed by atoms with E-state index >= 15 is 0 Å². The lowest BCUT2D eigenvalue weighted by molar-refractivity contribution is 0.344. The largest absolute Gasteiger partial charge is 0.493 e. The Morgan fingerprint density at radius 1 is 1.37 bits per heavy atom. The van der Waals surface area contributed by atoms with E-state index in [9.17, 15) is 4.79 Å². The molecule has 0 bridgehead atoms. The molecule has 0 spiro atoms. The number of anilines is 1. The number of nitrogens with zero attached hydrogens (tertiary/aromatic N) is 1. The van der Waals surface area contributed by atoms with Crippen LogP contribution in [-0.2, 0) is 0 Å². The Balaban J connectivity index is 1.80. The van der Waals surface area contributed by atoms with Gasteiger partial charge in [0.25, 0.3) is 5.56 Å². The molecule has 3 N–H and O–H groups in total. The van der Waals surface area contributed by atoms with Gasteiger partial charge in [-0.1, -0.05) is 11.8 Å². The highest BCUT2D eigenvalue weighted by atomic mass is 32.2. The lowest BCUT2D eigenvalue weighted by Gasteiger charge is -2.06. The zero-order valence-electron chi connectivity index (χ0n) is 10.6. The maximum atomic E-state index is 11.2. The van der Waals surface area contributed by atoms with Crippen molar-refractivity contribution in [2.45, 2.75) is 12.1 Å². The van der Waals surface area contributed by atoms with Crippen molar-refractivity contribution < 1.29 is 4.74 Å². The average Bonchev–Trinajstić information content (AvgIpc) is 2.36. The molecule has 0 amide bonds. The Bertz CT molecular complexity index is 596.